The number of nitrogens with zero attached hydrogens (tertiary/aromatic N) is 1. The molecule has 3 rings (SSSR count). The summed E-state index contributed by atoms with van der Waals surface area (Å²) >= 11 is 0. The third-order valence-electron chi connectivity index (χ3n) is 4.18. The molecule has 0 spiro atoms. The van der Waals surface area contributed by atoms with Gasteiger partial charge in [-0.05, 0) is 41.7 Å². The van der Waals surface area contributed by atoms with E-state index in [4.69, 9.17) is 0 Å². The minimum Gasteiger partial charge on any atom is -0.388 e. The first kappa shape index (κ1) is 14.2. The topological polar surface area (TPSA) is 23.5 Å². The van der Waals surface area contributed by atoms with Gasteiger partial charge in [0.25, 0.3) is 0 Å². The fourth-order valence-corrected chi connectivity index (χ4v) is 2.90. The van der Waals surface area contributed by atoms with Crippen molar-refractivity contribution < 1.29 is 9.50 Å². The van der Waals surface area contributed by atoms with Crippen LogP contribution in [0.2, 0.25) is 0 Å². The van der Waals surface area contributed by atoms with Crippen LogP contribution in [0.1, 0.15) is 29.2 Å². The normalized spacial score (nSPS) is 16.5. The van der Waals surface area contributed by atoms with Crippen LogP contribution in [0.4, 0.5) is 4.39 Å². The molecule has 3 heteroatoms. The predicted molar refractivity (Wildman–Crippen MR) is 81.4 cm³/mol. The first-order valence-electron chi connectivity index (χ1n) is 7.45. The van der Waals surface area contributed by atoms with Crippen LogP contribution >= 0.6 is 0 Å². The zero-order valence-electron chi connectivity index (χ0n) is 12.0. The number of benzene rings is 2. The molecule has 0 saturated heterocycles. The average Bonchev–Trinajstić information content (AvgIpc) is 2.53. The fourth-order valence-electron chi connectivity index (χ4n) is 2.90. The summed E-state index contributed by atoms with van der Waals surface area (Å²) in [4.78, 5) is 2.37. The van der Waals surface area contributed by atoms with Gasteiger partial charge in [-0.2, -0.15) is 0 Å². The minimum absolute atomic E-state index is 0.265. The molecule has 1 heterocycles. The molecule has 1 aliphatic heterocycles. The van der Waals surface area contributed by atoms with Gasteiger partial charge in [-0.25, -0.2) is 4.39 Å². The maximum absolute atomic E-state index is 12.9. The summed E-state index contributed by atoms with van der Waals surface area (Å²) in [6, 6.07) is 14.7. The summed E-state index contributed by atoms with van der Waals surface area (Å²) in [6.45, 7) is 2.84. The van der Waals surface area contributed by atoms with E-state index in [1.54, 1.807) is 12.1 Å². The Morgan fingerprint density at radius 1 is 1.05 bits per heavy atom. The molecule has 110 valence electrons. The molecule has 0 aromatic heterocycles. The lowest BCUT2D eigenvalue weighted by Crippen LogP contribution is -2.32. The number of hydrogen-bond donors (Lipinski definition) is 1. The van der Waals surface area contributed by atoms with E-state index in [1.807, 2.05) is 0 Å². The summed E-state index contributed by atoms with van der Waals surface area (Å²) in [7, 11) is 0. The lowest BCUT2D eigenvalue weighted by Gasteiger charge is -2.29. The van der Waals surface area contributed by atoms with Gasteiger partial charge < -0.3 is 5.11 Å². The number of aliphatic hydroxyl groups is 1. The molecular weight excluding hydrogens is 265 g/mol. The van der Waals surface area contributed by atoms with Gasteiger partial charge in [0.1, 0.15) is 5.82 Å². The fraction of sp³-hybridized carbons (Fsp3) is 0.333. The summed E-state index contributed by atoms with van der Waals surface area (Å²) < 4.78 is 12.9. The number of halogens is 1. The van der Waals surface area contributed by atoms with Crippen LogP contribution in [0.15, 0.2) is 48.5 Å². The Bertz CT molecular complexity index is 596. The van der Waals surface area contributed by atoms with E-state index >= 15 is 0 Å². The second kappa shape index (κ2) is 6.37. The Hall–Kier alpha value is -1.71. The van der Waals surface area contributed by atoms with Crippen LogP contribution < -0.4 is 0 Å². The molecule has 0 saturated carbocycles. The minimum atomic E-state index is -0.525. The van der Waals surface area contributed by atoms with Crippen LogP contribution in [0.25, 0.3) is 0 Å². The highest BCUT2D eigenvalue weighted by Gasteiger charge is 2.17. The van der Waals surface area contributed by atoms with Gasteiger partial charge in [0, 0.05) is 19.6 Å². The van der Waals surface area contributed by atoms with Crippen molar-refractivity contribution in [2.75, 3.05) is 13.1 Å². The zero-order valence-corrected chi connectivity index (χ0v) is 12.0. The quantitative estimate of drug-likeness (QED) is 0.931. The monoisotopic (exact) mass is 285 g/mol. The summed E-state index contributed by atoms with van der Waals surface area (Å²) in [5, 5.41) is 10.2. The highest BCUT2D eigenvalue weighted by molar-refractivity contribution is 5.29. The van der Waals surface area contributed by atoms with E-state index in [0.29, 0.717) is 6.42 Å². The van der Waals surface area contributed by atoms with Gasteiger partial charge in [-0.15, -0.1) is 0 Å². The molecule has 1 unspecified atom stereocenters. The van der Waals surface area contributed by atoms with Crippen molar-refractivity contribution in [1.29, 1.82) is 0 Å². The third-order valence-corrected chi connectivity index (χ3v) is 4.18. The number of aliphatic hydroxyl groups excluding tert-OH is 1. The second-order valence-corrected chi connectivity index (χ2v) is 5.65. The van der Waals surface area contributed by atoms with Crippen LogP contribution in [0, 0.1) is 5.82 Å². The molecule has 2 aromatic rings. The Balaban J connectivity index is 1.55. The van der Waals surface area contributed by atoms with Crippen molar-refractivity contribution in [3.63, 3.8) is 0 Å². The molecule has 21 heavy (non-hydrogen) atoms. The summed E-state index contributed by atoms with van der Waals surface area (Å²) in [5.74, 6) is -0.265. The van der Waals surface area contributed by atoms with E-state index in [9.17, 15) is 9.50 Å². The molecule has 0 fully saturated rings. The molecule has 1 aliphatic rings. The van der Waals surface area contributed by atoms with Crippen molar-refractivity contribution in [1.82, 2.24) is 4.90 Å². The van der Waals surface area contributed by atoms with Crippen LogP contribution in [-0.4, -0.2) is 23.1 Å². The smallest absolute Gasteiger partial charge is 0.123 e. The Morgan fingerprint density at radius 3 is 2.52 bits per heavy atom. The van der Waals surface area contributed by atoms with Crippen LogP contribution in [0.3, 0.4) is 0 Å². The first-order chi connectivity index (χ1) is 10.2. The van der Waals surface area contributed by atoms with Crippen molar-refractivity contribution >= 4 is 0 Å². The number of hydrogen-bond acceptors (Lipinski definition) is 2. The molecule has 0 radical (unpaired) electrons. The zero-order chi connectivity index (χ0) is 14.7. The summed E-state index contributed by atoms with van der Waals surface area (Å²) in [6.07, 6.45) is 1.22. The Morgan fingerprint density at radius 2 is 1.76 bits per heavy atom. The highest BCUT2D eigenvalue weighted by atomic mass is 19.1. The van der Waals surface area contributed by atoms with Gasteiger partial charge in [-0.3, -0.25) is 4.90 Å². The lowest BCUT2D eigenvalue weighted by atomic mass is 9.99. The lowest BCUT2D eigenvalue weighted by molar-refractivity contribution is 0.137. The molecule has 0 bridgehead atoms. The molecule has 2 aromatic carbocycles. The molecule has 2 nitrogen and oxygen atoms in total. The van der Waals surface area contributed by atoms with Crippen LogP contribution in [0.5, 0.6) is 0 Å². The highest BCUT2D eigenvalue weighted by Crippen LogP contribution is 2.21. The third kappa shape index (κ3) is 3.49. The number of fused-ring (bicyclic) bond motifs is 1. The van der Waals surface area contributed by atoms with Gasteiger partial charge in [-0.1, -0.05) is 36.4 Å². The molecule has 0 aliphatic carbocycles. The van der Waals surface area contributed by atoms with E-state index in [-0.39, 0.29) is 5.82 Å². The number of rotatable bonds is 4. The van der Waals surface area contributed by atoms with E-state index in [0.717, 1.165) is 31.6 Å². The van der Waals surface area contributed by atoms with Crippen LogP contribution in [-0.2, 0) is 13.0 Å². The largest absolute Gasteiger partial charge is 0.388 e. The van der Waals surface area contributed by atoms with Crippen molar-refractivity contribution in [2.24, 2.45) is 0 Å². The molecular formula is C18H20FNO. The van der Waals surface area contributed by atoms with Crippen molar-refractivity contribution in [2.45, 2.75) is 25.5 Å². The molecule has 1 atom stereocenters. The van der Waals surface area contributed by atoms with E-state index < -0.39 is 6.10 Å². The Labute approximate surface area is 124 Å². The van der Waals surface area contributed by atoms with Crippen molar-refractivity contribution in [3.8, 4) is 0 Å². The van der Waals surface area contributed by atoms with E-state index in [2.05, 4.69) is 29.2 Å². The first-order valence-corrected chi connectivity index (χ1v) is 7.45. The van der Waals surface area contributed by atoms with Gasteiger partial charge in [0.05, 0.1) is 6.10 Å². The SMILES string of the molecule is OC(CCN1CCc2ccccc2C1)c1ccc(F)cc1. The van der Waals surface area contributed by atoms with E-state index in [1.165, 1.54) is 23.3 Å². The molecule has 0 amide bonds. The second-order valence-electron chi connectivity index (χ2n) is 5.65. The standard InChI is InChI=1S/C18H20FNO/c19-17-7-5-15(6-8-17)18(21)10-12-20-11-9-14-3-1-2-4-16(14)13-20/h1-8,18,21H,9-13H2. The average molecular weight is 285 g/mol. The predicted octanol–water partition coefficient (Wildman–Crippen LogP) is 3.31. The molecule has 1 N–H and O–H groups in total. The maximum atomic E-state index is 12.9. The van der Waals surface area contributed by atoms with Gasteiger partial charge in [0.15, 0.2) is 0 Å². The van der Waals surface area contributed by atoms with Gasteiger partial charge >= 0.3 is 0 Å². The van der Waals surface area contributed by atoms with Gasteiger partial charge in [0.2, 0.25) is 0 Å². The van der Waals surface area contributed by atoms with Crippen molar-refractivity contribution in [3.05, 3.63) is 71.0 Å². The Kier molecular flexibility index (Phi) is 4.32. The summed E-state index contributed by atoms with van der Waals surface area (Å²) in [5.41, 5.74) is 3.61. The maximum Gasteiger partial charge on any atom is 0.123 e.